The van der Waals surface area contributed by atoms with Gasteiger partial charge in [-0.1, -0.05) is 12.1 Å². The number of carboxylic acids is 1. The van der Waals surface area contributed by atoms with Crippen molar-refractivity contribution in [3.05, 3.63) is 23.8 Å². The van der Waals surface area contributed by atoms with Gasteiger partial charge >= 0.3 is 13.1 Å². The molecule has 0 bridgehead atoms. The summed E-state index contributed by atoms with van der Waals surface area (Å²) >= 11 is 0. The minimum atomic E-state index is -1.06. The second-order valence-corrected chi connectivity index (χ2v) is 5.70. The minimum absolute atomic E-state index is 0.0622. The Hall–Kier alpha value is -1.53. The van der Waals surface area contributed by atoms with Crippen LogP contribution in [0.5, 0.6) is 0 Å². The van der Waals surface area contributed by atoms with Crippen LogP contribution in [0, 0.1) is 0 Å². The zero-order chi connectivity index (χ0) is 14.4. The average molecular weight is 263 g/mol. The van der Waals surface area contributed by atoms with Gasteiger partial charge in [0.1, 0.15) is 0 Å². The molecule has 0 unspecified atom stereocenters. The first kappa shape index (κ1) is 13.9. The molecule has 1 saturated heterocycles. The van der Waals surface area contributed by atoms with E-state index < -0.39 is 24.3 Å². The van der Waals surface area contributed by atoms with Gasteiger partial charge in [0.15, 0.2) is 0 Å². The molecule has 1 aliphatic rings. The molecule has 102 valence electrons. The summed E-state index contributed by atoms with van der Waals surface area (Å²) in [5, 5.41) is 9.08. The van der Waals surface area contributed by atoms with Gasteiger partial charge in [-0.15, -0.1) is 0 Å². The van der Waals surface area contributed by atoms with Gasteiger partial charge in [0, 0.05) is 11.2 Å². The zero-order valence-corrected chi connectivity index (χ0v) is 11.6. The first-order chi connectivity index (χ1) is 8.66. The fourth-order valence-corrected chi connectivity index (χ4v) is 1.95. The molecule has 0 aromatic heterocycles. The number of para-hydroxylation sites is 1. The Morgan fingerprint density at radius 3 is 2.21 bits per heavy atom. The number of carbonyl (C=O) groups is 1. The Balaban J connectivity index is 2.40. The van der Waals surface area contributed by atoms with Crippen molar-refractivity contribution < 1.29 is 19.2 Å². The second kappa shape index (κ2) is 4.25. The third kappa shape index (κ3) is 2.22. The monoisotopic (exact) mass is 263 g/mol. The van der Waals surface area contributed by atoms with Crippen molar-refractivity contribution in [3.63, 3.8) is 0 Å². The topological polar surface area (TPSA) is 81.8 Å². The Kier molecular flexibility index (Phi) is 3.11. The average Bonchev–Trinajstić information content (AvgIpc) is 2.47. The van der Waals surface area contributed by atoms with Gasteiger partial charge in [0.25, 0.3) is 0 Å². The van der Waals surface area contributed by atoms with Crippen molar-refractivity contribution >= 4 is 24.2 Å². The lowest BCUT2D eigenvalue weighted by Gasteiger charge is -2.32. The first-order valence-corrected chi connectivity index (χ1v) is 6.13. The van der Waals surface area contributed by atoms with Crippen LogP contribution in [-0.4, -0.2) is 29.4 Å². The standard InChI is InChI=1S/C13H18BNO4/c1-12(2)13(3,4)19-14(18-12)9-7-5-6-8(10(9)15)11(16)17/h5-7H,15H2,1-4H3,(H,16,17). The van der Waals surface area contributed by atoms with Crippen LogP contribution in [0.1, 0.15) is 38.1 Å². The predicted molar refractivity (Wildman–Crippen MR) is 73.5 cm³/mol. The molecule has 0 spiro atoms. The van der Waals surface area contributed by atoms with Gasteiger partial charge in [0.2, 0.25) is 0 Å². The van der Waals surface area contributed by atoms with Gasteiger partial charge in [0.05, 0.1) is 16.8 Å². The van der Waals surface area contributed by atoms with Crippen LogP contribution in [0.15, 0.2) is 18.2 Å². The van der Waals surface area contributed by atoms with Crippen molar-refractivity contribution in [2.45, 2.75) is 38.9 Å². The Morgan fingerprint density at radius 2 is 1.74 bits per heavy atom. The molecule has 1 aromatic carbocycles. The summed E-state index contributed by atoms with van der Waals surface area (Å²) in [5.74, 6) is -1.06. The summed E-state index contributed by atoms with van der Waals surface area (Å²) in [6.45, 7) is 7.74. The smallest absolute Gasteiger partial charge is 0.478 e. The van der Waals surface area contributed by atoms with Gasteiger partial charge in [-0.3, -0.25) is 0 Å². The normalized spacial score (nSPS) is 20.5. The van der Waals surface area contributed by atoms with E-state index in [1.807, 2.05) is 27.7 Å². The van der Waals surface area contributed by atoms with Crippen molar-refractivity contribution in [2.75, 3.05) is 5.73 Å². The van der Waals surface area contributed by atoms with Gasteiger partial charge in [-0.05, 0) is 33.8 Å². The predicted octanol–water partition coefficient (Wildman–Crippen LogP) is 1.27. The van der Waals surface area contributed by atoms with Crippen LogP contribution in [0.2, 0.25) is 0 Å². The Bertz CT molecular complexity index is 511. The summed E-state index contributed by atoms with van der Waals surface area (Å²) < 4.78 is 11.7. The zero-order valence-electron chi connectivity index (χ0n) is 11.6. The van der Waals surface area contributed by atoms with E-state index in [1.165, 1.54) is 6.07 Å². The van der Waals surface area contributed by atoms with E-state index in [0.29, 0.717) is 5.46 Å². The van der Waals surface area contributed by atoms with E-state index in [2.05, 4.69) is 0 Å². The van der Waals surface area contributed by atoms with Crippen molar-refractivity contribution in [2.24, 2.45) is 0 Å². The van der Waals surface area contributed by atoms with Crippen molar-refractivity contribution in [1.29, 1.82) is 0 Å². The van der Waals surface area contributed by atoms with E-state index >= 15 is 0 Å². The SMILES string of the molecule is CC1(C)OB(c2cccc(C(=O)O)c2N)OC1(C)C. The van der Waals surface area contributed by atoms with E-state index in [9.17, 15) is 4.79 Å². The molecule has 0 amide bonds. The number of aromatic carboxylic acids is 1. The summed E-state index contributed by atoms with van der Waals surface area (Å²) in [6.07, 6.45) is 0. The number of hydrogen-bond donors (Lipinski definition) is 2. The lowest BCUT2D eigenvalue weighted by molar-refractivity contribution is 0.00578. The molecule has 0 aliphatic carbocycles. The number of rotatable bonds is 2. The van der Waals surface area contributed by atoms with Crippen LogP contribution in [0.3, 0.4) is 0 Å². The molecule has 0 radical (unpaired) electrons. The molecule has 1 fully saturated rings. The highest BCUT2D eigenvalue weighted by atomic mass is 16.7. The molecule has 3 N–H and O–H groups in total. The maximum Gasteiger partial charge on any atom is 0.496 e. The molecule has 5 nitrogen and oxygen atoms in total. The highest BCUT2D eigenvalue weighted by Crippen LogP contribution is 2.36. The summed E-state index contributed by atoms with van der Waals surface area (Å²) in [4.78, 5) is 11.1. The van der Waals surface area contributed by atoms with E-state index in [4.69, 9.17) is 20.1 Å². The van der Waals surface area contributed by atoms with Crippen LogP contribution < -0.4 is 11.2 Å². The lowest BCUT2D eigenvalue weighted by Crippen LogP contribution is -2.41. The molecule has 6 heteroatoms. The Morgan fingerprint density at radius 1 is 1.21 bits per heavy atom. The fourth-order valence-electron chi connectivity index (χ4n) is 1.95. The van der Waals surface area contributed by atoms with E-state index in [-0.39, 0.29) is 11.3 Å². The molecule has 0 saturated carbocycles. The van der Waals surface area contributed by atoms with Gasteiger partial charge in [-0.2, -0.15) is 0 Å². The fraction of sp³-hybridized carbons (Fsp3) is 0.462. The lowest BCUT2D eigenvalue weighted by atomic mass is 9.77. The summed E-state index contributed by atoms with van der Waals surface area (Å²) in [7, 11) is -0.649. The molecular weight excluding hydrogens is 245 g/mol. The number of hydrogen-bond acceptors (Lipinski definition) is 4. The Labute approximate surface area is 112 Å². The number of benzene rings is 1. The van der Waals surface area contributed by atoms with Crippen LogP contribution in [-0.2, 0) is 9.31 Å². The van der Waals surface area contributed by atoms with E-state index in [1.54, 1.807) is 12.1 Å². The maximum atomic E-state index is 11.1. The third-order valence-corrected chi connectivity index (χ3v) is 3.88. The largest absolute Gasteiger partial charge is 0.496 e. The molecular formula is C13H18BNO4. The molecule has 0 atom stereocenters. The quantitative estimate of drug-likeness (QED) is 0.620. The van der Waals surface area contributed by atoms with Crippen LogP contribution >= 0.6 is 0 Å². The molecule has 1 heterocycles. The molecule has 19 heavy (non-hydrogen) atoms. The van der Waals surface area contributed by atoms with E-state index in [0.717, 1.165) is 0 Å². The second-order valence-electron chi connectivity index (χ2n) is 5.70. The number of carboxylic acid groups (broad SMARTS) is 1. The van der Waals surface area contributed by atoms with Crippen LogP contribution in [0.25, 0.3) is 0 Å². The number of nitrogens with two attached hydrogens (primary N) is 1. The highest BCUT2D eigenvalue weighted by Gasteiger charge is 2.52. The van der Waals surface area contributed by atoms with Crippen LogP contribution in [0.4, 0.5) is 5.69 Å². The molecule has 2 rings (SSSR count). The number of anilines is 1. The summed E-state index contributed by atoms with van der Waals surface area (Å²) in [6, 6.07) is 4.83. The highest BCUT2D eigenvalue weighted by molar-refractivity contribution is 6.64. The van der Waals surface area contributed by atoms with Crippen molar-refractivity contribution in [3.8, 4) is 0 Å². The summed E-state index contributed by atoms with van der Waals surface area (Å²) in [5.41, 5.74) is 5.74. The minimum Gasteiger partial charge on any atom is -0.478 e. The third-order valence-electron chi connectivity index (χ3n) is 3.88. The molecule has 1 aromatic rings. The number of nitrogen functional groups attached to an aromatic ring is 1. The first-order valence-electron chi connectivity index (χ1n) is 6.13. The van der Waals surface area contributed by atoms with Gasteiger partial charge < -0.3 is 20.1 Å². The molecule has 1 aliphatic heterocycles. The maximum absolute atomic E-state index is 11.1. The van der Waals surface area contributed by atoms with Crippen molar-refractivity contribution in [1.82, 2.24) is 0 Å². The van der Waals surface area contributed by atoms with Gasteiger partial charge in [-0.25, -0.2) is 4.79 Å².